The van der Waals surface area contributed by atoms with Crippen molar-refractivity contribution < 1.29 is 19.3 Å². The summed E-state index contributed by atoms with van der Waals surface area (Å²) < 4.78 is 0. The summed E-state index contributed by atoms with van der Waals surface area (Å²) in [5.41, 5.74) is 1.28. The summed E-state index contributed by atoms with van der Waals surface area (Å²) in [6.07, 6.45) is 0.614. The van der Waals surface area contributed by atoms with Gasteiger partial charge in [-0.2, -0.15) is 0 Å². The van der Waals surface area contributed by atoms with Gasteiger partial charge in [-0.05, 0) is 30.0 Å². The minimum absolute atomic E-state index is 0.153. The molecule has 3 aromatic carbocycles. The maximum atomic E-state index is 15.0. The van der Waals surface area contributed by atoms with Crippen LogP contribution in [0.15, 0.2) is 89.6 Å². The number of amides is 1. The first-order valence-corrected chi connectivity index (χ1v) is 12.8. The molecule has 4 aliphatic rings. The molecule has 8 heteroatoms. The van der Waals surface area contributed by atoms with Gasteiger partial charge in [-0.15, -0.1) is 0 Å². The van der Waals surface area contributed by atoms with Gasteiger partial charge in [0.15, 0.2) is 11.6 Å². The number of fused-ring (bicyclic) bond motifs is 6. The molecule has 1 spiro atoms. The zero-order chi connectivity index (χ0) is 27.3. The molecule has 8 nitrogen and oxygen atoms in total. The van der Waals surface area contributed by atoms with Crippen molar-refractivity contribution in [2.75, 3.05) is 10.2 Å². The number of Topliss-reactive ketones (excluding diaryl/α,β-unsaturated/α-hetero) is 2. The Hall–Kier alpha value is -4.85. The standard InChI is InChI=1S/C31H23N3O5/c1-30(2)15-23-25(24(35)16-30)31(29(37)33(23)17-8-4-3-5-9-17)21-14-18(34(38)39)12-13-22(21)32-27-19-10-6-7-11-20(19)28(36)26(27)31/h3-14,32H,15-16H2,1-2H3. The number of anilines is 2. The van der Waals surface area contributed by atoms with Gasteiger partial charge < -0.3 is 5.32 Å². The predicted molar refractivity (Wildman–Crippen MR) is 145 cm³/mol. The van der Waals surface area contributed by atoms with Gasteiger partial charge in [-0.3, -0.25) is 29.4 Å². The largest absolute Gasteiger partial charge is 0.354 e. The highest BCUT2D eigenvalue weighted by atomic mass is 16.6. The number of nitrogens with one attached hydrogen (secondary N) is 1. The minimum atomic E-state index is -1.82. The number of carbonyl (C=O) groups excluding carboxylic acids is 3. The van der Waals surface area contributed by atoms with E-state index in [1.807, 2.05) is 44.2 Å². The normalized spacial score (nSPS) is 22.5. The third kappa shape index (κ3) is 2.91. The number of para-hydroxylation sites is 1. The zero-order valence-electron chi connectivity index (χ0n) is 21.3. The van der Waals surface area contributed by atoms with Crippen molar-refractivity contribution in [3.05, 3.63) is 116 Å². The number of carbonyl (C=O) groups is 3. The quantitative estimate of drug-likeness (QED) is 0.352. The number of ketones is 2. The summed E-state index contributed by atoms with van der Waals surface area (Å²) in [6.45, 7) is 3.96. The fourth-order valence-electron chi connectivity index (χ4n) is 6.74. The van der Waals surface area contributed by atoms with Crippen LogP contribution in [0.2, 0.25) is 0 Å². The Kier molecular flexibility index (Phi) is 4.54. The Labute approximate surface area is 223 Å². The van der Waals surface area contributed by atoms with Crippen LogP contribution in [-0.4, -0.2) is 22.4 Å². The van der Waals surface area contributed by atoms with Crippen LogP contribution >= 0.6 is 0 Å². The van der Waals surface area contributed by atoms with Crippen molar-refractivity contribution in [3.63, 3.8) is 0 Å². The average Bonchev–Trinajstić information content (AvgIpc) is 3.33. The van der Waals surface area contributed by atoms with E-state index in [9.17, 15) is 19.7 Å². The molecule has 1 N–H and O–H groups in total. The molecule has 0 bridgehead atoms. The number of nitro groups is 1. The van der Waals surface area contributed by atoms with Gasteiger partial charge in [-0.1, -0.05) is 56.3 Å². The van der Waals surface area contributed by atoms with Gasteiger partial charge in [0, 0.05) is 63.5 Å². The number of nitrogens with zero attached hydrogens (tertiary/aromatic N) is 2. The van der Waals surface area contributed by atoms with Crippen molar-refractivity contribution in [1.82, 2.24) is 0 Å². The maximum absolute atomic E-state index is 15.0. The molecule has 1 amide bonds. The predicted octanol–water partition coefficient (Wildman–Crippen LogP) is 5.56. The molecule has 0 saturated heterocycles. The Morgan fingerprint density at radius 1 is 0.872 bits per heavy atom. The van der Waals surface area contributed by atoms with Crippen molar-refractivity contribution in [1.29, 1.82) is 0 Å². The van der Waals surface area contributed by atoms with Gasteiger partial charge in [0.05, 0.1) is 10.6 Å². The van der Waals surface area contributed by atoms with E-state index in [4.69, 9.17) is 0 Å². The van der Waals surface area contributed by atoms with Crippen LogP contribution in [0.25, 0.3) is 5.70 Å². The lowest BCUT2D eigenvalue weighted by Gasteiger charge is -2.38. The first kappa shape index (κ1) is 23.3. The van der Waals surface area contributed by atoms with E-state index in [1.165, 1.54) is 12.1 Å². The molecule has 2 heterocycles. The van der Waals surface area contributed by atoms with Gasteiger partial charge >= 0.3 is 0 Å². The van der Waals surface area contributed by atoms with E-state index in [0.29, 0.717) is 40.3 Å². The molecule has 39 heavy (non-hydrogen) atoms. The van der Waals surface area contributed by atoms with Crippen LogP contribution in [0, 0.1) is 15.5 Å². The Balaban J connectivity index is 1.63. The van der Waals surface area contributed by atoms with E-state index in [1.54, 1.807) is 35.2 Å². The number of hydrogen-bond acceptors (Lipinski definition) is 6. The van der Waals surface area contributed by atoms with E-state index in [2.05, 4.69) is 5.32 Å². The highest BCUT2D eigenvalue weighted by Crippen LogP contribution is 2.61. The molecule has 0 aromatic heterocycles. The van der Waals surface area contributed by atoms with E-state index < -0.39 is 21.7 Å². The third-order valence-corrected chi connectivity index (χ3v) is 8.21. The molecule has 0 fully saturated rings. The number of allylic oxidation sites excluding steroid dienone is 1. The Bertz CT molecular complexity index is 1750. The molecule has 192 valence electrons. The van der Waals surface area contributed by atoms with Crippen molar-refractivity contribution in [2.24, 2.45) is 5.41 Å². The monoisotopic (exact) mass is 517 g/mol. The summed E-state index contributed by atoms with van der Waals surface area (Å²) >= 11 is 0. The third-order valence-electron chi connectivity index (χ3n) is 8.21. The van der Waals surface area contributed by atoms with Crippen molar-refractivity contribution in [3.8, 4) is 0 Å². The highest BCUT2D eigenvalue weighted by molar-refractivity contribution is 6.33. The Morgan fingerprint density at radius 3 is 2.28 bits per heavy atom. The van der Waals surface area contributed by atoms with Gasteiger partial charge in [0.2, 0.25) is 0 Å². The van der Waals surface area contributed by atoms with E-state index in [-0.39, 0.29) is 40.4 Å². The number of rotatable bonds is 2. The second kappa shape index (κ2) is 7.60. The lowest BCUT2D eigenvalue weighted by Crippen LogP contribution is -2.47. The minimum Gasteiger partial charge on any atom is -0.354 e. The second-order valence-electron chi connectivity index (χ2n) is 11.2. The van der Waals surface area contributed by atoms with Crippen LogP contribution in [-0.2, 0) is 15.0 Å². The topological polar surface area (TPSA) is 110 Å². The van der Waals surface area contributed by atoms with Crippen molar-refractivity contribution in [2.45, 2.75) is 32.1 Å². The van der Waals surface area contributed by atoms with Gasteiger partial charge in [0.1, 0.15) is 5.41 Å². The average molecular weight is 518 g/mol. The smallest absolute Gasteiger partial charge is 0.269 e. The maximum Gasteiger partial charge on any atom is 0.269 e. The van der Waals surface area contributed by atoms with Gasteiger partial charge in [0.25, 0.3) is 11.6 Å². The molecule has 3 aromatic rings. The molecule has 2 aliphatic heterocycles. The first-order valence-electron chi connectivity index (χ1n) is 12.8. The SMILES string of the molecule is CC1(C)CC(=O)C2=C(C1)N(c1ccccc1)C(=O)C21C2=C(Nc3ccc([N+](=O)[O-])cc31)c1ccccc1C2=O. The fourth-order valence-corrected chi connectivity index (χ4v) is 6.74. The molecular formula is C31H23N3O5. The summed E-state index contributed by atoms with van der Waals surface area (Å²) in [4.78, 5) is 56.3. The molecule has 0 saturated carbocycles. The summed E-state index contributed by atoms with van der Waals surface area (Å²) in [7, 11) is 0. The summed E-state index contributed by atoms with van der Waals surface area (Å²) in [5.74, 6) is -1.07. The number of non-ortho nitro benzene ring substituents is 1. The fraction of sp³-hybridized carbons (Fsp3) is 0.194. The van der Waals surface area contributed by atoms with Crippen molar-refractivity contribution >= 4 is 40.2 Å². The summed E-state index contributed by atoms with van der Waals surface area (Å²) in [5, 5.41) is 15.2. The number of nitro benzene ring substituents is 1. The van der Waals surface area contributed by atoms with E-state index in [0.717, 1.165) is 0 Å². The summed E-state index contributed by atoms with van der Waals surface area (Å²) in [6, 6.07) is 20.4. The highest BCUT2D eigenvalue weighted by Gasteiger charge is 2.65. The zero-order valence-corrected chi connectivity index (χ0v) is 21.3. The molecule has 1 unspecified atom stereocenters. The van der Waals surface area contributed by atoms with Crippen LogP contribution in [0.4, 0.5) is 17.1 Å². The molecule has 2 aliphatic carbocycles. The lowest BCUT2D eigenvalue weighted by atomic mass is 9.61. The molecule has 0 radical (unpaired) electrons. The molecular weight excluding hydrogens is 494 g/mol. The second-order valence-corrected chi connectivity index (χ2v) is 11.2. The van der Waals surface area contributed by atoms with Crippen LogP contribution in [0.3, 0.4) is 0 Å². The molecule has 7 rings (SSSR count). The van der Waals surface area contributed by atoms with Gasteiger partial charge in [-0.25, -0.2) is 0 Å². The number of benzene rings is 3. The lowest BCUT2D eigenvalue weighted by molar-refractivity contribution is -0.384. The van der Waals surface area contributed by atoms with Crippen LogP contribution in [0.5, 0.6) is 0 Å². The first-order chi connectivity index (χ1) is 18.6. The molecule has 1 atom stereocenters. The Morgan fingerprint density at radius 2 is 1.56 bits per heavy atom. The van der Waals surface area contributed by atoms with E-state index >= 15 is 4.79 Å². The van der Waals surface area contributed by atoms with Crippen LogP contribution < -0.4 is 10.2 Å². The number of hydrogen-bond donors (Lipinski definition) is 1. The van der Waals surface area contributed by atoms with Crippen LogP contribution in [0.1, 0.15) is 48.2 Å².